The number of benzene rings is 2. The average Bonchev–Trinajstić information content (AvgIpc) is 3.30. The topological polar surface area (TPSA) is 85.5 Å². The molecule has 0 atom stereocenters. The van der Waals surface area contributed by atoms with Crippen molar-refractivity contribution in [2.24, 2.45) is 0 Å². The second-order valence-corrected chi connectivity index (χ2v) is 7.90. The first-order valence-corrected chi connectivity index (χ1v) is 10.0. The molecule has 1 saturated heterocycles. The molecule has 2 aromatic carbocycles. The molecular weight excluding hydrogens is 426 g/mol. The third-order valence-corrected chi connectivity index (χ3v) is 5.68. The first-order valence-electron chi connectivity index (χ1n) is 8.84. The van der Waals surface area contributed by atoms with Gasteiger partial charge < -0.3 is 4.57 Å². The highest BCUT2D eigenvalue weighted by Crippen LogP contribution is 2.34. The number of hydrogen-bond acceptors (Lipinski definition) is 5. The zero-order chi connectivity index (χ0) is 21.3. The van der Waals surface area contributed by atoms with Gasteiger partial charge in [0.1, 0.15) is 0 Å². The number of halogens is 1. The summed E-state index contributed by atoms with van der Waals surface area (Å²) in [5, 5.41) is 11.1. The van der Waals surface area contributed by atoms with Crippen molar-refractivity contribution in [3.8, 4) is 5.69 Å². The third-order valence-electron chi connectivity index (χ3n) is 4.53. The van der Waals surface area contributed by atoms with Gasteiger partial charge >= 0.3 is 0 Å². The summed E-state index contributed by atoms with van der Waals surface area (Å²) in [6.07, 6.45) is 3.43. The van der Waals surface area contributed by atoms with Crippen LogP contribution in [-0.4, -0.2) is 25.5 Å². The number of rotatable bonds is 5. The molecule has 1 aliphatic rings. The molecule has 0 spiro atoms. The zero-order valence-corrected chi connectivity index (χ0v) is 17.0. The molecule has 1 aliphatic heterocycles. The Morgan fingerprint density at radius 3 is 2.40 bits per heavy atom. The second-order valence-electron chi connectivity index (χ2n) is 6.47. The molecule has 0 radical (unpaired) electrons. The number of aromatic nitrogens is 1. The quantitative estimate of drug-likeness (QED) is 0.307. The first kappa shape index (κ1) is 19.9. The van der Waals surface area contributed by atoms with E-state index in [0.717, 1.165) is 17.3 Å². The van der Waals surface area contributed by atoms with Crippen LogP contribution in [0.2, 0.25) is 5.02 Å². The number of nitro benzene ring substituents is 1. The van der Waals surface area contributed by atoms with E-state index in [2.05, 4.69) is 0 Å². The highest BCUT2D eigenvalue weighted by atomic mass is 35.5. The summed E-state index contributed by atoms with van der Waals surface area (Å²) in [5.74, 6) is -0.364. The van der Waals surface area contributed by atoms with Crippen LogP contribution < -0.4 is 0 Å². The lowest BCUT2D eigenvalue weighted by Crippen LogP contribution is -2.27. The summed E-state index contributed by atoms with van der Waals surface area (Å²) in [6, 6.07) is 16.7. The Balaban J connectivity index is 1.58. The number of hydrogen-bond donors (Lipinski definition) is 0. The van der Waals surface area contributed by atoms with Gasteiger partial charge in [-0.1, -0.05) is 23.7 Å². The van der Waals surface area contributed by atoms with Crippen molar-refractivity contribution >= 4 is 46.3 Å². The zero-order valence-electron chi connectivity index (χ0n) is 15.4. The molecule has 0 bridgehead atoms. The molecule has 3 aromatic rings. The Bertz CT molecular complexity index is 1170. The van der Waals surface area contributed by atoms with Gasteiger partial charge in [0.05, 0.1) is 16.4 Å². The largest absolute Gasteiger partial charge is 0.317 e. The summed E-state index contributed by atoms with van der Waals surface area (Å²) < 4.78 is 1.79. The predicted octanol–water partition coefficient (Wildman–Crippen LogP) is 5.28. The fourth-order valence-electron chi connectivity index (χ4n) is 3.02. The van der Waals surface area contributed by atoms with Crippen LogP contribution in [0.4, 0.5) is 10.5 Å². The van der Waals surface area contributed by atoms with Gasteiger partial charge in [-0.3, -0.25) is 24.6 Å². The van der Waals surface area contributed by atoms with Crippen LogP contribution in [0.15, 0.2) is 71.8 Å². The SMILES string of the molecule is O=C1S/C(=C/c2cccn2-c2ccc([N+](=O)[O-])cc2)C(=O)N1Cc1ccc(Cl)cc1. The Labute approximate surface area is 180 Å². The van der Waals surface area contributed by atoms with Crippen LogP contribution in [-0.2, 0) is 11.3 Å². The Hall–Kier alpha value is -3.36. The van der Waals surface area contributed by atoms with E-state index in [4.69, 9.17) is 11.6 Å². The number of non-ortho nitro benzene ring substituents is 1. The van der Waals surface area contributed by atoms with Gasteiger partial charge in [-0.15, -0.1) is 0 Å². The summed E-state index contributed by atoms with van der Waals surface area (Å²) in [4.78, 5) is 37.1. The molecule has 1 fully saturated rings. The number of amides is 2. The van der Waals surface area contributed by atoms with Crippen LogP contribution in [0.25, 0.3) is 11.8 Å². The van der Waals surface area contributed by atoms with Crippen LogP contribution in [0.5, 0.6) is 0 Å². The Morgan fingerprint density at radius 1 is 1.03 bits per heavy atom. The summed E-state index contributed by atoms with van der Waals surface area (Å²) in [5.41, 5.74) is 2.19. The van der Waals surface area contributed by atoms with Gasteiger partial charge in [0, 0.05) is 34.7 Å². The van der Waals surface area contributed by atoms with E-state index >= 15 is 0 Å². The predicted molar refractivity (Wildman–Crippen MR) is 115 cm³/mol. The lowest BCUT2D eigenvalue weighted by atomic mass is 10.2. The van der Waals surface area contributed by atoms with Gasteiger partial charge in [0.2, 0.25) is 0 Å². The van der Waals surface area contributed by atoms with E-state index < -0.39 is 4.92 Å². The maximum atomic E-state index is 12.8. The molecular formula is C21H14ClN3O4S. The fourth-order valence-corrected chi connectivity index (χ4v) is 3.97. The molecule has 4 rings (SSSR count). The van der Waals surface area contributed by atoms with E-state index in [1.807, 2.05) is 0 Å². The molecule has 0 saturated carbocycles. The van der Waals surface area contributed by atoms with Crippen molar-refractivity contribution in [2.45, 2.75) is 6.54 Å². The van der Waals surface area contributed by atoms with E-state index in [1.165, 1.54) is 17.0 Å². The Morgan fingerprint density at radius 2 is 1.73 bits per heavy atom. The maximum Gasteiger partial charge on any atom is 0.293 e. The molecule has 0 aliphatic carbocycles. The van der Waals surface area contributed by atoms with Gasteiger partial charge in [0.15, 0.2) is 0 Å². The number of nitrogens with zero attached hydrogens (tertiary/aromatic N) is 3. The molecule has 0 N–H and O–H groups in total. The highest BCUT2D eigenvalue weighted by Gasteiger charge is 2.35. The molecule has 150 valence electrons. The van der Waals surface area contributed by atoms with Crippen molar-refractivity contribution in [3.63, 3.8) is 0 Å². The van der Waals surface area contributed by atoms with Crippen LogP contribution in [0, 0.1) is 10.1 Å². The summed E-state index contributed by atoms with van der Waals surface area (Å²) in [6.45, 7) is 0.169. The molecule has 0 unspecified atom stereocenters. The Kier molecular flexibility index (Phi) is 5.43. The van der Waals surface area contributed by atoms with Crippen LogP contribution in [0.1, 0.15) is 11.3 Å². The fraction of sp³-hybridized carbons (Fsp3) is 0.0476. The number of thioether (sulfide) groups is 1. The van der Waals surface area contributed by atoms with E-state index in [0.29, 0.717) is 21.3 Å². The van der Waals surface area contributed by atoms with Gasteiger partial charge in [0.25, 0.3) is 16.8 Å². The molecule has 9 heteroatoms. The maximum absolute atomic E-state index is 12.8. The standard InChI is InChI=1S/C21H14ClN3O4S/c22-15-5-3-14(4-6-15)13-24-20(26)19(30-21(24)27)12-18-2-1-11-23(18)16-7-9-17(10-8-16)25(28)29/h1-12H,13H2/b19-12+. The van der Waals surface area contributed by atoms with Gasteiger partial charge in [-0.05, 0) is 59.8 Å². The third kappa shape index (κ3) is 4.00. The minimum Gasteiger partial charge on any atom is -0.317 e. The summed E-state index contributed by atoms with van der Waals surface area (Å²) >= 11 is 6.76. The lowest BCUT2D eigenvalue weighted by molar-refractivity contribution is -0.384. The van der Waals surface area contributed by atoms with Crippen molar-refractivity contribution < 1.29 is 14.5 Å². The smallest absolute Gasteiger partial charge is 0.293 e. The number of imide groups is 1. The van der Waals surface area contributed by atoms with E-state index in [-0.39, 0.29) is 23.4 Å². The number of carbonyl (C=O) groups is 2. The molecule has 1 aromatic heterocycles. The summed E-state index contributed by atoms with van der Waals surface area (Å²) in [7, 11) is 0. The average molecular weight is 440 g/mol. The monoisotopic (exact) mass is 439 g/mol. The van der Waals surface area contributed by atoms with Gasteiger partial charge in [-0.2, -0.15) is 0 Å². The van der Waals surface area contributed by atoms with Crippen LogP contribution in [0.3, 0.4) is 0 Å². The van der Waals surface area contributed by atoms with E-state index in [9.17, 15) is 19.7 Å². The van der Waals surface area contributed by atoms with Crippen LogP contribution >= 0.6 is 23.4 Å². The first-order chi connectivity index (χ1) is 14.4. The minimum absolute atomic E-state index is 0.00391. The highest BCUT2D eigenvalue weighted by molar-refractivity contribution is 8.18. The molecule has 30 heavy (non-hydrogen) atoms. The molecule has 7 nitrogen and oxygen atoms in total. The van der Waals surface area contributed by atoms with Crippen molar-refractivity contribution in [1.29, 1.82) is 0 Å². The van der Waals surface area contributed by atoms with Crippen molar-refractivity contribution in [3.05, 3.63) is 98.2 Å². The molecule has 2 amide bonds. The lowest BCUT2D eigenvalue weighted by Gasteiger charge is -2.12. The van der Waals surface area contributed by atoms with Crippen molar-refractivity contribution in [1.82, 2.24) is 9.47 Å². The number of carbonyl (C=O) groups excluding carboxylic acids is 2. The van der Waals surface area contributed by atoms with Gasteiger partial charge in [-0.25, -0.2) is 0 Å². The second kappa shape index (κ2) is 8.17. The molecule has 2 heterocycles. The normalized spacial score (nSPS) is 15.2. The van der Waals surface area contributed by atoms with Crippen molar-refractivity contribution in [2.75, 3.05) is 0 Å². The number of nitro groups is 1. The van der Waals surface area contributed by atoms with E-state index in [1.54, 1.807) is 65.4 Å². The minimum atomic E-state index is -0.461.